The molecule has 2 aliphatic heterocycles. The molecule has 63 heavy (non-hydrogen) atoms. The van der Waals surface area contributed by atoms with Crippen LogP contribution in [0.15, 0.2) is 109 Å². The van der Waals surface area contributed by atoms with Crippen LogP contribution in [0, 0.1) is 0 Å². The molecule has 11 atom stereocenters. The molecule has 11 unspecified atom stereocenters. The standard InChI is InChI=1S/C49H76O14/c1-3-5-7-9-11-13-15-17-19-20-22-24-26-28-30-32-41(51)61-38(35-58-33-31-29-27-25-23-21-18-16-14-12-10-8-6-4-2)36-59-48-47(57)45(55)43(53)40(63-48)37-60-49-46(56)44(54)42(52)39(34-50)62-49/h5-8,11-14,17-19,21-22,24-25,27-28,30,38-40,42-50,52-57H,3-4,9-10,15-16,20,23,26,29,31-37H2,1-2H3/b7-5-,8-6-,13-11-,14-12-,19-17-,21-18-,24-22-,27-25-,30-28-. The summed E-state index contributed by atoms with van der Waals surface area (Å²) in [5.41, 5.74) is 0. The van der Waals surface area contributed by atoms with Crippen molar-refractivity contribution >= 4 is 5.97 Å². The minimum Gasteiger partial charge on any atom is -0.457 e. The predicted octanol–water partition coefficient (Wildman–Crippen LogP) is 5.28. The Kier molecular flexibility index (Phi) is 31.8. The Hall–Kier alpha value is -3.35. The molecular formula is C49H76O14. The number of rotatable bonds is 32. The van der Waals surface area contributed by atoms with Crippen LogP contribution in [-0.4, -0.2) is 142 Å². The lowest BCUT2D eigenvalue weighted by atomic mass is 9.98. The van der Waals surface area contributed by atoms with Gasteiger partial charge in [-0.25, -0.2) is 0 Å². The van der Waals surface area contributed by atoms with Crippen molar-refractivity contribution in [3.05, 3.63) is 109 Å². The zero-order valence-corrected chi connectivity index (χ0v) is 37.3. The SMILES string of the molecule is CC/C=C\C/C=C\C/C=C\C/C=C\C/C=C\CC(=O)OC(COCCC/C=C\C/C=C\C/C=C\C/C=C\CC)COC1OC(COC2OC(CO)C(O)C(O)C2O)C(O)C(O)C1O. The fourth-order valence-corrected chi connectivity index (χ4v) is 6.18. The molecule has 2 fully saturated rings. The summed E-state index contributed by atoms with van der Waals surface area (Å²) in [6, 6.07) is 0. The molecule has 2 rings (SSSR count). The molecule has 7 N–H and O–H groups in total. The molecule has 0 aromatic carbocycles. The maximum absolute atomic E-state index is 12.9. The number of allylic oxidation sites excluding steroid dienone is 17. The number of hydrogen-bond acceptors (Lipinski definition) is 14. The molecule has 14 nitrogen and oxygen atoms in total. The first-order valence-electron chi connectivity index (χ1n) is 22.5. The van der Waals surface area contributed by atoms with Gasteiger partial charge < -0.3 is 64.2 Å². The summed E-state index contributed by atoms with van der Waals surface area (Å²) >= 11 is 0. The van der Waals surface area contributed by atoms with Gasteiger partial charge in [0.05, 0.1) is 32.8 Å². The molecule has 0 bridgehead atoms. The van der Waals surface area contributed by atoms with E-state index in [1.807, 2.05) is 12.2 Å². The molecule has 2 heterocycles. The van der Waals surface area contributed by atoms with Gasteiger partial charge >= 0.3 is 5.97 Å². The van der Waals surface area contributed by atoms with Crippen LogP contribution in [-0.2, 0) is 33.2 Å². The van der Waals surface area contributed by atoms with E-state index in [0.717, 1.165) is 64.2 Å². The third-order valence-electron chi connectivity index (χ3n) is 9.81. The smallest absolute Gasteiger partial charge is 0.310 e. The summed E-state index contributed by atoms with van der Waals surface area (Å²) in [4.78, 5) is 12.9. The molecule has 356 valence electrons. The zero-order chi connectivity index (χ0) is 45.9. The van der Waals surface area contributed by atoms with Crippen molar-refractivity contribution in [2.24, 2.45) is 0 Å². The normalized spacial score (nSPS) is 28.0. The minimum absolute atomic E-state index is 0.000673. The van der Waals surface area contributed by atoms with Crippen molar-refractivity contribution in [1.82, 2.24) is 0 Å². The van der Waals surface area contributed by atoms with Crippen LogP contribution >= 0.6 is 0 Å². The second-order valence-electron chi connectivity index (χ2n) is 15.1. The van der Waals surface area contributed by atoms with E-state index in [0.29, 0.717) is 13.0 Å². The molecule has 0 spiro atoms. The topological polar surface area (TPSA) is 214 Å². The highest BCUT2D eigenvalue weighted by molar-refractivity contribution is 5.71. The van der Waals surface area contributed by atoms with Gasteiger partial charge in [0.1, 0.15) is 54.9 Å². The average Bonchev–Trinajstić information content (AvgIpc) is 3.28. The van der Waals surface area contributed by atoms with E-state index in [2.05, 4.69) is 105 Å². The molecule has 14 heteroatoms. The number of carbonyl (C=O) groups excluding carboxylic acids is 1. The van der Waals surface area contributed by atoms with Gasteiger partial charge in [0.2, 0.25) is 0 Å². The molecule has 0 amide bonds. The van der Waals surface area contributed by atoms with Crippen LogP contribution in [0.1, 0.15) is 90.9 Å². The minimum atomic E-state index is -1.74. The highest BCUT2D eigenvalue weighted by Crippen LogP contribution is 2.26. The van der Waals surface area contributed by atoms with Gasteiger partial charge in [-0.15, -0.1) is 0 Å². The number of hydrogen-bond donors (Lipinski definition) is 7. The first kappa shape index (κ1) is 55.8. The van der Waals surface area contributed by atoms with Gasteiger partial charge in [-0.1, -0.05) is 123 Å². The molecule has 0 aliphatic carbocycles. The van der Waals surface area contributed by atoms with Gasteiger partial charge in [0, 0.05) is 6.61 Å². The van der Waals surface area contributed by atoms with Crippen molar-refractivity contribution < 1.29 is 69.0 Å². The summed E-state index contributed by atoms with van der Waals surface area (Å²) in [6.07, 6.45) is 30.6. The monoisotopic (exact) mass is 889 g/mol. The van der Waals surface area contributed by atoms with Crippen molar-refractivity contribution in [3.8, 4) is 0 Å². The lowest BCUT2D eigenvalue weighted by Gasteiger charge is -2.42. The summed E-state index contributed by atoms with van der Waals surface area (Å²) in [5, 5.41) is 71.9. The third-order valence-corrected chi connectivity index (χ3v) is 9.81. The van der Waals surface area contributed by atoms with Crippen molar-refractivity contribution in [1.29, 1.82) is 0 Å². The Balaban J connectivity index is 1.90. The molecule has 2 saturated heterocycles. The van der Waals surface area contributed by atoms with Crippen molar-refractivity contribution in [2.75, 3.05) is 33.0 Å². The van der Waals surface area contributed by atoms with E-state index in [1.54, 1.807) is 6.08 Å². The van der Waals surface area contributed by atoms with Crippen LogP contribution in [0.25, 0.3) is 0 Å². The van der Waals surface area contributed by atoms with Crippen LogP contribution in [0.3, 0.4) is 0 Å². The first-order chi connectivity index (χ1) is 30.6. The highest BCUT2D eigenvalue weighted by atomic mass is 16.7. The van der Waals surface area contributed by atoms with E-state index in [1.165, 1.54) is 0 Å². The lowest BCUT2D eigenvalue weighted by Crippen LogP contribution is -2.61. The maximum atomic E-state index is 12.9. The van der Waals surface area contributed by atoms with Crippen LogP contribution in [0.5, 0.6) is 0 Å². The van der Waals surface area contributed by atoms with E-state index in [-0.39, 0.29) is 19.6 Å². The summed E-state index contributed by atoms with van der Waals surface area (Å²) in [5.74, 6) is -0.528. The number of carbonyl (C=O) groups is 1. The molecular weight excluding hydrogens is 813 g/mol. The molecule has 0 aromatic rings. The van der Waals surface area contributed by atoms with Crippen LogP contribution < -0.4 is 0 Å². The predicted molar refractivity (Wildman–Crippen MR) is 242 cm³/mol. The number of aliphatic hydroxyl groups is 7. The van der Waals surface area contributed by atoms with E-state index < -0.39 is 86.7 Å². The highest BCUT2D eigenvalue weighted by Gasteiger charge is 2.47. The molecule has 0 saturated carbocycles. The second kappa shape index (κ2) is 35.9. The lowest BCUT2D eigenvalue weighted by molar-refractivity contribution is -0.332. The zero-order valence-electron chi connectivity index (χ0n) is 37.3. The number of aliphatic hydroxyl groups excluding tert-OH is 7. The summed E-state index contributed by atoms with van der Waals surface area (Å²) in [7, 11) is 0. The largest absolute Gasteiger partial charge is 0.457 e. The summed E-state index contributed by atoms with van der Waals surface area (Å²) in [6.45, 7) is 3.12. The van der Waals surface area contributed by atoms with Gasteiger partial charge in [-0.05, 0) is 70.6 Å². The number of unbranched alkanes of at least 4 members (excludes halogenated alkanes) is 1. The maximum Gasteiger partial charge on any atom is 0.310 e. The Morgan fingerprint density at radius 1 is 0.524 bits per heavy atom. The van der Waals surface area contributed by atoms with Gasteiger partial charge in [-0.3, -0.25) is 4.79 Å². The number of ether oxygens (including phenoxy) is 6. The number of esters is 1. The van der Waals surface area contributed by atoms with E-state index >= 15 is 0 Å². The second-order valence-corrected chi connectivity index (χ2v) is 15.1. The molecule has 2 aliphatic rings. The Labute approximate surface area is 374 Å². The van der Waals surface area contributed by atoms with Crippen molar-refractivity contribution in [2.45, 2.75) is 158 Å². The Bertz CT molecular complexity index is 1450. The average molecular weight is 889 g/mol. The fraction of sp³-hybridized carbons (Fsp3) is 0.612. The molecule has 0 aromatic heterocycles. The van der Waals surface area contributed by atoms with E-state index in [4.69, 9.17) is 28.4 Å². The van der Waals surface area contributed by atoms with Gasteiger partial charge in [0.25, 0.3) is 0 Å². The van der Waals surface area contributed by atoms with Crippen LogP contribution in [0.2, 0.25) is 0 Å². The Morgan fingerprint density at radius 3 is 1.44 bits per heavy atom. The quantitative estimate of drug-likeness (QED) is 0.0260. The van der Waals surface area contributed by atoms with Crippen molar-refractivity contribution in [3.63, 3.8) is 0 Å². The first-order valence-corrected chi connectivity index (χ1v) is 22.5. The molecule has 0 radical (unpaired) electrons. The van der Waals surface area contributed by atoms with Gasteiger partial charge in [-0.2, -0.15) is 0 Å². The van der Waals surface area contributed by atoms with Gasteiger partial charge in [0.15, 0.2) is 12.6 Å². The summed E-state index contributed by atoms with van der Waals surface area (Å²) < 4.78 is 33.9. The third kappa shape index (κ3) is 24.5. The Morgan fingerprint density at radius 2 is 0.952 bits per heavy atom. The fourth-order valence-electron chi connectivity index (χ4n) is 6.18. The van der Waals surface area contributed by atoms with E-state index in [9.17, 15) is 40.5 Å². The van der Waals surface area contributed by atoms with Crippen LogP contribution in [0.4, 0.5) is 0 Å².